The summed E-state index contributed by atoms with van der Waals surface area (Å²) >= 11 is 0. The molecule has 2 fully saturated rings. The summed E-state index contributed by atoms with van der Waals surface area (Å²) in [5, 5.41) is 2.72. The third kappa shape index (κ3) is 3.30. The quantitative estimate of drug-likeness (QED) is 0.751. The molecule has 3 heterocycles. The Balaban J connectivity index is 1.45. The third-order valence-corrected chi connectivity index (χ3v) is 5.00. The van der Waals surface area contributed by atoms with Crippen LogP contribution in [0.3, 0.4) is 0 Å². The summed E-state index contributed by atoms with van der Waals surface area (Å²) in [5.41, 5.74) is -0.285. The first-order valence-electron chi connectivity index (χ1n) is 8.84. The number of urea groups is 1. The molecule has 0 spiro atoms. The molecule has 9 heteroatoms. The first-order chi connectivity index (χ1) is 13.0. The van der Waals surface area contributed by atoms with Crippen molar-refractivity contribution < 1.29 is 28.6 Å². The Morgan fingerprint density at radius 1 is 1.19 bits per heavy atom. The number of carbonyl (C=O) groups is 3. The Labute approximate surface area is 156 Å². The average Bonchev–Trinajstić information content (AvgIpc) is 3.20. The molecular formula is C18H21N3O6. The van der Waals surface area contributed by atoms with Crippen molar-refractivity contribution in [1.82, 2.24) is 15.1 Å². The van der Waals surface area contributed by atoms with Crippen LogP contribution in [-0.4, -0.2) is 72.8 Å². The molecule has 0 aliphatic carbocycles. The van der Waals surface area contributed by atoms with E-state index in [2.05, 4.69) is 5.32 Å². The molecule has 0 unspecified atom stereocenters. The fourth-order valence-electron chi connectivity index (χ4n) is 3.52. The van der Waals surface area contributed by atoms with Crippen molar-refractivity contribution in [2.75, 3.05) is 39.6 Å². The zero-order valence-electron chi connectivity index (χ0n) is 15.0. The number of benzene rings is 1. The molecule has 1 N–H and O–H groups in total. The van der Waals surface area contributed by atoms with E-state index in [4.69, 9.17) is 14.2 Å². The minimum Gasteiger partial charge on any atom is -0.454 e. The second-order valence-electron chi connectivity index (χ2n) is 7.01. The van der Waals surface area contributed by atoms with Gasteiger partial charge in [0.15, 0.2) is 11.5 Å². The molecule has 0 aromatic heterocycles. The fraction of sp³-hybridized carbons (Fsp3) is 0.500. The Bertz CT molecular complexity index is 791. The van der Waals surface area contributed by atoms with E-state index in [-0.39, 0.29) is 25.7 Å². The normalized spacial score (nSPS) is 24.3. The number of hydrogen-bond donors (Lipinski definition) is 1. The van der Waals surface area contributed by atoms with Gasteiger partial charge in [0.1, 0.15) is 12.1 Å². The van der Waals surface area contributed by atoms with Gasteiger partial charge < -0.3 is 24.4 Å². The second kappa shape index (κ2) is 6.73. The van der Waals surface area contributed by atoms with Crippen LogP contribution >= 0.6 is 0 Å². The van der Waals surface area contributed by atoms with Crippen molar-refractivity contribution in [3.05, 3.63) is 23.8 Å². The van der Waals surface area contributed by atoms with Crippen molar-refractivity contribution in [3.63, 3.8) is 0 Å². The van der Waals surface area contributed by atoms with E-state index in [0.717, 1.165) is 10.5 Å². The van der Waals surface area contributed by atoms with Crippen LogP contribution in [0.4, 0.5) is 4.79 Å². The standard InChI is InChI=1S/C18H21N3O6/c1-18(9-12-2-3-13-14(8-12)27-11-26-13)16(23)21(17(24)19-18)10-15(22)20-4-6-25-7-5-20/h2-3,8H,4-7,9-11H2,1H3,(H,19,24)/t18-/m1/s1. The zero-order chi connectivity index (χ0) is 19.0. The van der Waals surface area contributed by atoms with Crippen molar-refractivity contribution >= 4 is 17.8 Å². The van der Waals surface area contributed by atoms with Crippen LogP contribution in [0, 0.1) is 0 Å². The molecule has 1 atom stereocenters. The van der Waals surface area contributed by atoms with Gasteiger partial charge in [-0.05, 0) is 24.6 Å². The van der Waals surface area contributed by atoms with Crippen LogP contribution in [0.15, 0.2) is 18.2 Å². The summed E-state index contributed by atoms with van der Waals surface area (Å²) in [5.74, 6) is 0.608. The highest BCUT2D eigenvalue weighted by Crippen LogP contribution is 2.34. The van der Waals surface area contributed by atoms with Crippen molar-refractivity contribution in [3.8, 4) is 11.5 Å². The van der Waals surface area contributed by atoms with Gasteiger partial charge in [-0.25, -0.2) is 4.79 Å². The summed E-state index contributed by atoms with van der Waals surface area (Å²) in [6.45, 7) is 3.44. The maximum atomic E-state index is 12.9. The molecule has 2 saturated heterocycles. The number of morpholine rings is 1. The van der Waals surface area contributed by atoms with Crippen LogP contribution in [0.25, 0.3) is 0 Å². The van der Waals surface area contributed by atoms with Gasteiger partial charge in [-0.1, -0.05) is 6.07 Å². The lowest BCUT2D eigenvalue weighted by atomic mass is 9.92. The summed E-state index contributed by atoms with van der Waals surface area (Å²) in [7, 11) is 0. The minimum absolute atomic E-state index is 0.170. The first-order valence-corrected chi connectivity index (χ1v) is 8.84. The summed E-state index contributed by atoms with van der Waals surface area (Å²) in [6, 6.07) is 4.86. The lowest BCUT2D eigenvalue weighted by Crippen LogP contribution is -2.48. The minimum atomic E-state index is -1.12. The van der Waals surface area contributed by atoms with Crippen molar-refractivity contribution in [2.45, 2.75) is 18.9 Å². The highest BCUT2D eigenvalue weighted by molar-refractivity contribution is 6.08. The summed E-state index contributed by atoms with van der Waals surface area (Å²) < 4.78 is 15.9. The molecule has 4 amide bonds. The highest BCUT2D eigenvalue weighted by Gasteiger charge is 2.48. The Morgan fingerprint density at radius 3 is 2.70 bits per heavy atom. The SMILES string of the molecule is C[C@]1(Cc2ccc3c(c2)OCO3)NC(=O)N(CC(=O)N2CCOCC2)C1=O. The summed E-state index contributed by atoms with van der Waals surface area (Å²) in [4.78, 5) is 40.2. The van der Waals surface area contributed by atoms with E-state index in [1.807, 2.05) is 6.07 Å². The fourth-order valence-corrected chi connectivity index (χ4v) is 3.52. The molecular weight excluding hydrogens is 354 g/mol. The van der Waals surface area contributed by atoms with Crippen molar-refractivity contribution in [1.29, 1.82) is 0 Å². The van der Waals surface area contributed by atoms with Crippen molar-refractivity contribution in [2.24, 2.45) is 0 Å². The number of nitrogens with one attached hydrogen (secondary N) is 1. The number of fused-ring (bicyclic) bond motifs is 1. The molecule has 1 aromatic rings. The average molecular weight is 375 g/mol. The van der Waals surface area contributed by atoms with Gasteiger partial charge in [-0.2, -0.15) is 0 Å². The van der Waals surface area contributed by atoms with Gasteiger partial charge >= 0.3 is 6.03 Å². The van der Waals surface area contributed by atoms with E-state index >= 15 is 0 Å². The van der Waals surface area contributed by atoms with Crippen LogP contribution in [-0.2, 0) is 20.7 Å². The van der Waals surface area contributed by atoms with Gasteiger partial charge in [0.25, 0.3) is 5.91 Å². The predicted molar refractivity (Wildman–Crippen MR) is 92.3 cm³/mol. The number of carbonyl (C=O) groups excluding carboxylic acids is 3. The Kier molecular flexibility index (Phi) is 4.39. The van der Waals surface area contributed by atoms with Crippen LogP contribution < -0.4 is 14.8 Å². The molecule has 3 aliphatic rings. The molecule has 0 bridgehead atoms. The van der Waals surface area contributed by atoms with Gasteiger partial charge in [-0.3, -0.25) is 14.5 Å². The van der Waals surface area contributed by atoms with Crippen LogP contribution in [0.2, 0.25) is 0 Å². The van der Waals surface area contributed by atoms with E-state index in [0.29, 0.717) is 37.8 Å². The van der Waals surface area contributed by atoms with Crippen LogP contribution in [0.1, 0.15) is 12.5 Å². The molecule has 4 rings (SSSR count). The Morgan fingerprint density at radius 2 is 1.93 bits per heavy atom. The van der Waals surface area contributed by atoms with E-state index < -0.39 is 17.5 Å². The number of hydrogen-bond acceptors (Lipinski definition) is 6. The molecule has 144 valence electrons. The number of imide groups is 1. The maximum Gasteiger partial charge on any atom is 0.325 e. The molecule has 0 radical (unpaired) electrons. The zero-order valence-corrected chi connectivity index (χ0v) is 15.0. The lowest BCUT2D eigenvalue weighted by Gasteiger charge is -2.28. The number of rotatable bonds is 4. The van der Waals surface area contributed by atoms with Gasteiger partial charge in [0.05, 0.1) is 13.2 Å². The molecule has 3 aliphatic heterocycles. The first kappa shape index (κ1) is 17.6. The van der Waals surface area contributed by atoms with E-state index in [1.54, 1.807) is 24.0 Å². The molecule has 9 nitrogen and oxygen atoms in total. The second-order valence-corrected chi connectivity index (χ2v) is 7.01. The van der Waals surface area contributed by atoms with Gasteiger partial charge in [0.2, 0.25) is 12.7 Å². The lowest BCUT2D eigenvalue weighted by molar-refractivity contribution is -0.141. The number of nitrogens with zero attached hydrogens (tertiary/aromatic N) is 2. The number of ether oxygens (including phenoxy) is 3. The topological polar surface area (TPSA) is 97.4 Å². The predicted octanol–water partition coefficient (Wildman–Crippen LogP) is 0.127. The molecule has 1 aromatic carbocycles. The van der Waals surface area contributed by atoms with Gasteiger partial charge in [0, 0.05) is 19.5 Å². The monoisotopic (exact) mass is 375 g/mol. The van der Waals surface area contributed by atoms with E-state index in [9.17, 15) is 14.4 Å². The van der Waals surface area contributed by atoms with Gasteiger partial charge in [-0.15, -0.1) is 0 Å². The Hall–Kier alpha value is -2.81. The highest BCUT2D eigenvalue weighted by atomic mass is 16.7. The van der Waals surface area contributed by atoms with Crippen LogP contribution in [0.5, 0.6) is 11.5 Å². The summed E-state index contributed by atoms with van der Waals surface area (Å²) in [6.07, 6.45) is 0.288. The molecule has 0 saturated carbocycles. The largest absolute Gasteiger partial charge is 0.454 e. The molecule has 27 heavy (non-hydrogen) atoms. The number of amides is 4. The maximum absolute atomic E-state index is 12.9. The third-order valence-electron chi connectivity index (χ3n) is 5.00. The smallest absolute Gasteiger partial charge is 0.325 e. The van der Waals surface area contributed by atoms with E-state index in [1.165, 1.54) is 0 Å².